The van der Waals surface area contributed by atoms with Gasteiger partial charge in [0.1, 0.15) is 5.65 Å². The normalized spacial score (nSPS) is 11.6. The molecule has 4 heterocycles. The molecule has 0 atom stereocenters. The van der Waals surface area contributed by atoms with E-state index in [2.05, 4.69) is 179 Å². The first kappa shape index (κ1) is 29.9. The second-order valence-corrected chi connectivity index (χ2v) is 13.2. The van der Waals surface area contributed by atoms with Crippen LogP contribution in [0.1, 0.15) is 5.56 Å². The van der Waals surface area contributed by atoms with E-state index < -0.39 is 0 Å². The molecule has 0 bridgehead atoms. The molecule has 0 aliphatic rings. The maximum Gasteiger partial charge on any atom is 0.145 e. The van der Waals surface area contributed by atoms with Crippen LogP contribution in [0.25, 0.3) is 66.4 Å². The predicted octanol–water partition coefficient (Wildman–Crippen LogP) is 12.1. The highest BCUT2D eigenvalue weighted by Crippen LogP contribution is 2.43. The van der Waals surface area contributed by atoms with Gasteiger partial charge in [-0.15, -0.1) is 0 Å². The Kier molecular flexibility index (Phi) is 6.96. The highest BCUT2D eigenvalue weighted by atomic mass is 15.1. The first-order valence-electron chi connectivity index (χ1n) is 17.6. The number of aromatic nitrogens is 4. The standard InChI is InChI=1S/C47H33N5/c1-32-26-28-48-42(29-32)33-13-10-18-36(30-33)50(34-14-4-2-5-15-34)37-19-11-20-38(31-37)52-44-25-24-40-39-21-8-9-23-43(39)51(35-16-6-3-7-17-35)46(40)45(44)41-22-12-27-49-47(41)52/h2-31H,1H3. The molecule has 10 rings (SSSR count). The number of nitrogens with zero attached hydrogens (tertiary/aromatic N) is 5. The van der Waals surface area contributed by atoms with Gasteiger partial charge in [-0.3, -0.25) is 9.55 Å². The van der Waals surface area contributed by atoms with Crippen LogP contribution in [-0.4, -0.2) is 19.1 Å². The number of hydrogen-bond acceptors (Lipinski definition) is 3. The van der Waals surface area contributed by atoms with Gasteiger partial charge in [0.05, 0.1) is 22.2 Å². The van der Waals surface area contributed by atoms with Gasteiger partial charge in [0, 0.05) is 67.9 Å². The Morgan fingerprint density at radius 3 is 2.02 bits per heavy atom. The van der Waals surface area contributed by atoms with E-state index in [0.29, 0.717) is 0 Å². The van der Waals surface area contributed by atoms with Crippen molar-refractivity contribution in [1.29, 1.82) is 0 Å². The number of benzene rings is 6. The number of anilines is 3. The van der Waals surface area contributed by atoms with E-state index in [4.69, 9.17) is 9.97 Å². The summed E-state index contributed by atoms with van der Waals surface area (Å²) in [4.78, 5) is 12.0. The topological polar surface area (TPSA) is 38.9 Å². The number of aryl methyl sites for hydroxylation is 1. The summed E-state index contributed by atoms with van der Waals surface area (Å²) < 4.78 is 4.73. The predicted molar refractivity (Wildman–Crippen MR) is 216 cm³/mol. The van der Waals surface area contributed by atoms with E-state index in [1.165, 1.54) is 32.8 Å². The average Bonchev–Trinajstić information content (AvgIpc) is 3.72. The zero-order valence-corrected chi connectivity index (χ0v) is 28.6. The molecule has 0 aliphatic heterocycles. The summed E-state index contributed by atoms with van der Waals surface area (Å²) >= 11 is 0. The van der Waals surface area contributed by atoms with Crippen LogP contribution < -0.4 is 4.90 Å². The third-order valence-electron chi connectivity index (χ3n) is 10.0. The van der Waals surface area contributed by atoms with Crippen LogP contribution in [0.5, 0.6) is 0 Å². The summed E-state index contributed by atoms with van der Waals surface area (Å²) in [6.45, 7) is 2.10. The number of pyridine rings is 2. The molecule has 52 heavy (non-hydrogen) atoms. The molecule has 0 unspecified atom stereocenters. The highest BCUT2D eigenvalue weighted by molar-refractivity contribution is 6.25. The van der Waals surface area contributed by atoms with Gasteiger partial charge in [0.15, 0.2) is 0 Å². The zero-order chi connectivity index (χ0) is 34.6. The Labute approximate surface area is 301 Å². The van der Waals surface area contributed by atoms with Crippen LogP contribution in [0.3, 0.4) is 0 Å². The first-order chi connectivity index (χ1) is 25.7. The lowest BCUT2D eigenvalue weighted by atomic mass is 10.1. The molecular weight excluding hydrogens is 635 g/mol. The van der Waals surface area contributed by atoms with Gasteiger partial charge in [0.2, 0.25) is 0 Å². The van der Waals surface area contributed by atoms with Gasteiger partial charge in [-0.05, 0) is 103 Å². The smallest absolute Gasteiger partial charge is 0.145 e. The molecule has 10 aromatic rings. The molecule has 5 heteroatoms. The largest absolute Gasteiger partial charge is 0.310 e. The van der Waals surface area contributed by atoms with Gasteiger partial charge in [-0.25, -0.2) is 4.98 Å². The third kappa shape index (κ3) is 4.78. The molecule has 246 valence electrons. The maximum atomic E-state index is 5.03. The summed E-state index contributed by atoms with van der Waals surface area (Å²) in [5.74, 6) is 0. The SMILES string of the molecule is Cc1ccnc(-c2cccc(N(c3ccccc3)c3cccc(-n4c5ccc6c7ccccc7n(-c7ccccc7)c6c5c5cccnc54)c3)c2)c1. The Bertz CT molecular complexity index is 2920. The van der Waals surface area contributed by atoms with Crippen molar-refractivity contribution in [2.24, 2.45) is 0 Å². The van der Waals surface area contributed by atoms with Crippen LogP contribution in [0.2, 0.25) is 0 Å². The monoisotopic (exact) mass is 667 g/mol. The van der Waals surface area contributed by atoms with Gasteiger partial charge in [-0.2, -0.15) is 0 Å². The minimum atomic E-state index is 0.922. The fraction of sp³-hybridized carbons (Fsp3) is 0.0213. The van der Waals surface area contributed by atoms with Gasteiger partial charge >= 0.3 is 0 Å². The fourth-order valence-electron chi connectivity index (χ4n) is 7.78. The van der Waals surface area contributed by atoms with Crippen molar-refractivity contribution in [3.05, 3.63) is 188 Å². The van der Waals surface area contributed by atoms with Crippen molar-refractivity contribution < 1.29 is 0 Å². The molecule has 0 aliphatic carbocycles. The summed E-state index contributed by atoms with van der Waals surface area (Å²) in [5, 5.41) is 4.76. The lowest BCUT2D eigenvalue weighted by molar-refractivity contribution is 1.13. The fourth-order valence-corrected chi connectivity index (χ4v) is 7.78. The lowest BCUT2D eigenvalue weighted by Gasteiger charge is -2.26. The van der Waals surface area contributed by atoms with Crippen molar-refractivity contribution in [3.63, 3.8) is 0 Å². The van der Waals surface area contributed by atoms with E-state index >= 15 is 0 Å². The molecule has 0 amide bonds. The molecular formula is C47H33N5. The van der Waals surface area contributed by atoms with E-state index in [-0.39, 0.29) is 0 Å². The summed E-state index contributed by atoms with van der Waals surface area (Å²) in [7, 11) is 0. The zero-order valence-electron chi connectivity index (χ0n) is 28.6. The van der Waals surface area contributed by atoms with Gasteiger partial charge in [0.25, 0.3) is 0 Å². The third-order valence-corrected chi connectivity index (χ3v) is 10.0. The number of fused-ring (bicyclic) bond motifs is 7. The Hall–Kier alpha value is -6.98. The quantitative estimate of drug-likeness (QED) is 0.177. The van der Waals surface area contributed by atoms with Crippen LogP contribution in [0, 0.1) is 6.92 Å². The molecule has 6 aromatic carbocycles. The van der Waals surface area contributed by atoms with Crippen molar-refractivity contribution >= 4 is 60.8 Å². The lowest BCUT2D eigenvalue weighted by Crippen LogP contribution is -2.10. The van der Waals surface area contributed by atoms with E-state index in [1.54, 1.807) is 0 Å². The molecule has 0 spiro atoms. The average molecular weight is 668 g/mol. The summed E-state index contributed by atoms with van der Waals surface area (Å²) in [5.41, 5.74) is 13.0. The number of hydrogen-bond donors (Lipinski definition) is 0. The molecule has 0 saturated carbocycles. The second kappa shape index (κ2) is 12.1. The highest BCUT2D eigenvalue weighted by Gasteiger charge is 2.22. The van der Waals surface area contributed by atoms with E-state index in [1.807, 2.05) is 24.5 Å². The Morgan fingerprint density at radius 1 is 0.462 bits per heavy atom. The Morgan fingerprint density at radius 2 is 1.17 bits per heavy atom. The van der Waals surface area contributed by atoms with Crippen LogP contribution in [0.15, 0.2) is 182 Å². The first-order valence-corrected chi connectivity index (χ1v) is 17.6. The van der Waals surface area contributed by atoms with Crippen LogP contribution >= 0.6 is 0 Å². The number of rotatable bonds is 6. The summed E-state index contributed by atoms with van der Waals surface area (Å²) in [6.07, 6.45) is 3.77. The van der Waals surface area contributed by atoms with Crippen LogP contribution in [-0.2, 0) is 0 Å². The van der Waals surface area contributed by atoms with Crippen molar-refractivity contribution in [2.75, 3.05) is 4.90 Å². The maximum absolute atomic E-state index is 5.03. The van der Waals surface area contributed by atoms with E-state index in [0.717, 1.165) is 56.2 Å². The van der Waals surface area contributed by atoms with Crippen molar-refractivity contribution in [1.82, 2.24) is 19.1 Å². The number of para-hydroxylation sites is 3. The molecule has 0 N–H and O–H groups in total. The van der Waals surface area contributed by atoms with E-state index in [9.17, 15) is 0 Å². The summed E-state index contributed by atoms with van der Waals surface area (Å²) in [6, 6.07) is 60.3. The minimum absolute atomic E-state index is 0.922. The second-order valence-electron chi connectivity index (χ2n) is 13.2. The minimum Gasteiger partial charge on any atom is -0.310 e. The molecule has 0 fully saturated rings. The van der Waals surface area contributed by atoms with Crippen LogP contribution in [0.4, 0.5) is 17.1 Å². The van der Waals surface area contributed by atoms with Gasteiger partial charge in [-0.1, -0.05) is 78.9 Å². The molecule has 4 aromatic heterocycles. The Balaban J connectivity index is 1.22. The van der Waals surface area contributed by atoms with Crippen molar-refractivity contribution in [2.45, 2.75) is 6.92 Å². The molecule has 0 radical (unpaired) electrons. The van der Waals surface area contributed by atoms with Crippen molar-refractivity contribution in [3.8, 4) is 22.6 Å². The molecule has 0 saturated heterocycles. The van der Waals surface area contributed by atoms with Gasteiger partial charge < -0.3 is 9.47 Å². The molecule has 5 nitrogen and oxygen atoms in total.